The lowest BCUT2D eigenvalue weighted by Crippen LogP contribution is -2.30. The van der Waals surface area contributed by atoms with Crippen molar-refractivity contribution in [1.29, 1.82) is 0 Å². The van der Waals surface area contributed by atoms with Crippen molar-refractivity contribution in [3.63, 3.8) is 0 Å². The highest BCUT2D eigenvalue weighted by atomic mass is 19.1. The van der Waals surface area contributed by atoms with Gasteiger partial charge in [0.25, 0.3) is 0 Å². The molecule has 0 amide bonds. The SMILES string of the molecule is Fc1ccc(CN2C=CN=CC2n2ccnc2)cc1. The second-order valence-electron chi connectivity index (χ2n) is 4.32. The Kier molecular flexibility index (Phi) is 3.10. The molecule has 96 valence electrons. The lowest BCUT2D eigenvalue weighted by atomic mass is 10.2. The number of benzene rings is 1. The van der Waals surface area contributed by atoms with Crippen LogP contribution in [0.1, 0.15) is 11.7 Å². The molecule has 0 aliphatic carbocycles. The van der Waals surface area contributed by atoms with Gasteiger partial charge in [0.05, 0.1) is 6.33 Å². The summed E-state index contributed by atoms with van der Waals surface area (Å²) in [7, 11) is 0. The molecule has 0 saturated heterocycles. The maximum Gasteiger partial charge on any atom is 0.143 e. The van der Waals surface area contributed by atoms with E-state index in [-0.39, 0.29) is 12.0 Å². The first kappa shape index (κ1) is 11.6. The molecule has 1 aliphatic heterocycles. The summed E-state index contributed by atoms with van der Waals surface area (Å²) >= 11 is 0. The van der Waals surface area contributed by atoms with E-state index in [1.54, 1.807) is 30.9 Å². The third-order valence-corrected chi connectivity index (χ3v) is 3.01. The zero-order valence-corrected chi connectivity index (χ0v) is 10.2. The van der Waals surface area contributed by atoms with E-state index in [2.05, 4.69) is 14.9 Å². The van der Waals surface area contributed by atoms with Crippen LogP contribution in [0.5, 0.6) is 0 Å². The van der Waals surface area contributed by atoms with Gasteiger partial charge in [-0.3, -0.25) is 4.99 Å². The number of aromatic nitrogens is 2. The van der Waals surface area contributed by atoms with E-state index in [1.807, 2.05) is 23.2 Å². The van der Waals surface area contributed by atoms with Crippen LogP contribution in [0.25, 0.3) is 0 Å². The summed E-state index contributed by atoms with van der Waals surface area (Å²) in [6.07, 6.45) is 10.9. The van der Waals surface area contributed by atoms with Crippen molar-refractivity contribution in [2.24, 2.45) is 4.99 Å². The number of rotatable bonds is 3. The van der Waals surface area contributed by atoms with Gasteiger partial charge in [-0.05, 0) is 17.7 Å². The molecule has 1 unspecified atom stereocenters. The third kappa shape index (κ3) is 2.54. The number of hydrogen-bond donors (Lipinski definition) is 0. The highest BCUT2D eigenvalue weighted by Gasteiger charge is 2.17. The Balaban J connectivity index is 1.80. The molecule has 5 heteroatoms. The molecule has 1 aliphatic rings. The highest BCUT2D eigenvalue weighted by Crippen LogP contribution is 2.18. The molecule has 1 aromatic heterocycles. The van der Waals surface area contributed by atoms with Gasteiger partial charge in [-0.2, -0.15) is 0 Å². The summed E-state index contributed by atoms with van der Waals surface area (Å²) in [5.41, 5.74) is 1.05. The molecular formula is C14H13FN4. The maximum atomic E-state index is 12.9. The van der Waals surface area contributed by atoms with E-state index in [1.165, 1.54) is 12.1 Å². The van der Waals surface area contributed by atoms with Crippen LogP contribution in [0.15, 0.2) is 60.4 Å². The Morgan fingerprint density at radius 1 is 1.21 bits per heavy atom. The molecule has 4 nitrogen and oxygen atoms in total. The van der Waals surface area contributed by atoms with Gasteiger partial charge >= 0.3 is 0 Å². The van der Waals surface area contributed by atoms with Crippen LogP contribution in [0.3, 0.4) is 0 Å². The smallest absolute Gasteiger partial charge is 0.143 e. The van der Waals surface area contributed by atoms with Crippen LogP contribution in [0.4, 0.5) is 4.39 Å². The van der Waals surface area contributed by atoms with Crippen molar-refractivity contribution in [3.8, 4) is 0 Å². The van der Waals surface area contributed by atoms with Crippen LogP contribution < -0.4 is 0 Å². The Hall–Kier alpha value is -2.43. The second kappa shape index (κ2) is 5.06. The Morgan fingerprint density at radius 2 is 2.05 bits per heavy atom. The zero-order chi connectivity index (χ0) is 13.1. The highest BCUT2D eigenvalue weighted by molar-refractivity contribution is 5.64. The number of hydrogen-bond acceptors (Lipinski definition) is 3. The van der Waals surface area contributed by atoms with Gasteiger partial charge in [0, 0.05) is 37.6 Å². The molecule has 0 bridgehead atoms. The predicted molar refractivity (Wildman–Crippen MR) is 70.8 cm³/mol. The molecule has 2 aromatic rings. The lowest BCUT2D eigenvalue weighted by Gasteiger charge is -2.30. The molecule has 3 rings (SSSR count). The van der Waals surface area contributed by atoms with Gasteiger partial charge < -0.3 is 9.47 Å². The molecule has 0 saturated carbocycles. The van der Waals surface area contributed by atoms with Gasteiger partial charge in [-0.25, -0.2) is 9.37 Å². The average molecular weight is 256 g/mol. The van der Waals surface area contributed by atoms with Crippen LogP contribution >= 0.6 is 0 Å². The van der Waals surface area contributed by atoms with Crippen LogP contribution in [0.2, 0.25) is 0 Å². The van der Waals surface area contributed by atoms with Crippen molar-refractivity contribution in [2.45, 2.75) is 12.7 Å². The topological polar surface area (TPSA) is 33.4 Å². The minimum Gasteiger partial charge on any atom is -0.347 e. The molecule has 1 aromatic carbocycles. The van der Waals surface area contributed by atoms with Crippen molar-refractivity contribution in [1.82, 2.24) is 14.5 Å². The quantitative estimate of drug-likeness (QED) is 0.845. The monoisotopic (exact) mass is 256 g/mol. The number of nitrogens with zero attached hydrogens (tertiary/aromatic N) is 4. The second-order valence-corrected chi connectivity index (χ2v) is 4.32. The summed E-state index contributed by atoms with van der Waals surface area (Å²) in [4.78, 5) is 10.3. The molecule has 2 heterocycles. The fourth-order valence-corrected chi connectivity index (χ4v) is 2.05. The van der Waals surface area contributed by atoms with E-state index in [4.69, 9.17) is 0 Å². The summed E-state index contributed by atoms with van der Waals surface area (Å²) in [6.45, 7) is 0.686. The first-order chi connectivity index (χ1) is 9.33. The standard InChI is InChI=1S/C14H13FN4/c15-13-3-1-12(2-4-13)10-18-7-5-16-9-14(18)19-8-6-17-11-19/h1-9,11,14H,10H2. The lowest BCUT2D eigenvalue weighted by molar-refractivity contribution is 0.264. The zero-order valence-electron chi connectivity index (χ0n) is 10.2. The molecule has 0 N–H and O–H groups in total. The number of halogens is 1. The molecule has 0 fully saturated rings. The van der Waals surface area contributed by atoms with Crippen molar-refractivity contribution >= 4 is 6.21 Å². The van der Waals surface area contributed by atoms with Crippen molar-refractivity contribution < 1.29 is 4.39 Å². The third-order valence-electron chi connectivity index (χ3n) is 3.01. The Bertz CT molecular complexity index is 586. The van der Waals surface area contributed by atoms with Crippen molar-refractivity contribution in [3.05, 3.63) is 66.8 Å². The Labute approximate surface area is 110 Å². The summed E-state index contributed by atoms with van der Waals surface area (Å²) in [5, 5.41) is 0. The average Bonchev–Trinajstić information content (AvgIpc) is 2.96. The molecule has 0 radical (unpaired) electrons. The molecular weight excluding hydrogens is 243 g/mol. The van der Waals surface area contributed by atoms with Gasteiger partial charge in [0.15, 0.2) is 0 Å². The summed E-state index contributed by atoms with van der Waals surface area (Å²) in [6, 6.07) is 6.53. The minimum atomic E-state index is -0.217. The van der Waals surface area contributed by atoms with Crippen LogP contribution in [-0.4, -0.2) is 20.7 Å². The number of imidazole rings is 1. The van der Waals surface area contributed by atoms with Crippen molar-refractivity contribution in [2.75, 3.05) is 0 Å². The van der Waals surface area contributed by atoms with Gasteiger partial charge in [-0.1, -0.05) is 12.1 Å². The largest absolute Gasteiger partial charge is 0.347 e. The number of aliphatic imine (C=N–C) groups is 1. The van der Waals surface area contributed by atoms with Gasteiger partial charge in [0.2, 0.25) is 0 Å². The summed E-state index contributed by atoms with van der Waals surface area (Å²) < 4.78 is 14.9. The minimum absolute atomic E-state index is 0.00227. The van der Waals surface area contributed by atoms with E-state index >= 15 is 0 Å². The first-order valence-electron chi connectivity index (χ1n) is 6.00. The van der Waals surface area contributed by atoms with E-state index in [0.717, 1.165) is 5.56 Å². The normalized spacial score (nSPS) is 17.9. The fraction of sp³-hybridized carbons (Fsp3) is 0.143. The van der Waals surface area contributed by atoms with Gasteiger partial charge in [-0.15, -0.1) is 0 Å². The maximum absolute atomic E-state index is 12.9. The predicted octanol–water partition coefficient (Wildman–Crippen LogP) is 2.58. The molecule has 0 spiro atoms. The van der Waals surface area contributed by atoms with Gasteiger partial charge in [0.1, 0.15) is 12.0 Å². The molecule has 1 atom stereocenters. The fourth-order valence-electron chi connectivity index (χ4n) is 2.05. The van der Waals surface area contributed by atoms with E-state index in [0.29, 0.717) is 6.54 Å². The Morgan fingerprint density at radius 3 is 2.79 bits per heavy atom. The van der Waals surface area contributed by atoms with E-state index in [9.17, 15) is 4.39 Å². The van der Waals surface area contributed by atoms with Crippen LogP contribution in [0, 0.1) is 5.82 Å². The first-order valence-corrected chi connectivity index (χ1v) is 6.00. The van der Waals surface area contributed by atoms with Crippen LogP contribution in [-0.2, 0) is 6.54 Å². The van der Waals surface area contributed by atoms with E-state index < -0.39 is 0 Å². The summed E-state index contributed by atoms with van der Waals surface area (Å²) in [5.74, 6) is -0.217. The molecule has 19 heavy (non-hydrogen) atoms.